The van der Waals surface area contributed by atoms with Gasteiger partial charge in [-0.2, -0.15) is 0 Å². The van der Waals surface area contributed by atoms with Gasteiger partial charge in [0.2, 0.25) is 0 Å². The van der Waals surface area contributed by atoms with E-state index >= 15 is 0 Å². The molecule has 2 aliphatic heterocycles. The molecule has 10 heavy (non-hydrogen) atoms. The lowest BCUT2D eigenvalue weighted by Crippen LogP contribution is -2.54. The molecule has 0 aromatic heterocycles. The van der Waals surface area contributed by atoms with Crippen LogP contribution in [0.2, 0.25) is 0 Å². The number of hydrogen-bond donors (Lipinski definition) is 0. The van der Waals surface area contributed by atoms with Gasteiger partial charge in [0.1, 0.15) is 0 Å². The lowest BCUT2D eigenvalue weighted by atomic mass is 10.2. The Labute approximate surface area is 61.3 Å². The fourth-order valence-electron chi connectivity index (χ4n) is 1.42. The molecule has 2 aliphatic rings. The summed E-state index contributed by atoms with van der Waals surface area (Å²) in [5.41, 5.74) is 0. The van der Waals surface area contributed by atoms with Crippen LogP contribution < -0.4 is 5.32 Å². The first-order chi connectivity index (χ1) is 4.97. The summed E-state index contributed by atoms with van der Waals surface area (Å²) in [6.45, 7) is 6.23. The Morgan fingerprint density at radius 1 is 1.20 bits per heavy atom. The predicted octanol–water partition coefficient (Wildman–Crippen LogP) is -0.695. The van der Waals surface area contributed by atoms with Crippen LogP contribution in [0.3, 0.4) is 0 Å². The van der Waals surface area contributed by atoms with Crippen molar-refractivity contribution in [2.45, 2.75) is 6.04 Å². The van der Waals surface area contributed by atoms with Gasteiger partial charge >= 0.3 is 0 Å². The first kappa shape index (κ1) is 6.58. The summed E-state index contributed by atoms with van der Waals surface area (Å²) in [4.78, 5) is 2.48. The van der Waals surface area contributed by atoms with Crippen molar-refractivity contribution in [3.8, 4) is 0 Å². The van der Waals surface area contributed by atoms with E-state index in [9.17, 15) is 0 Å². The number of piperazine rings is 1. The normalized spacial score (nSPS) is 30.0. The van der Waals surface area contributed by atoms with Gasteiger partial charge in [0.05, 0.1) is 19.3 Å². The van der Waals surface area contributed by atoms with Crippen molar-refractivity contribution in [3.63, 3.8) is 0 Å². The highest BCUT2D eigenvalue weighted by atomic mass is 16.5. The van der Waals surface area contributed by atoms with Crippen molar-refractivity contribution in [2.75, 3.05) is 39.4 Å². The third-order valence-electron chi connectivity index (χ3n) is 2.23. The van der Waals surface area contributed by atoms with Gasteiger partial charge in [-0.15, -0.1) is 0 Å². The third kappa shape index (κ3) is 1.17. The molecule has 2 rings (SSSR count). The molecule has 0 amide bonds. The molecule has 0 spiro atoms. The van der Waals surface area contributed by atoms with Gasteiger partial charge in [-0.1, -0.05) is 0 Å². The second-order valence-electron chi connectivity index (χ2n) is 2.90. The summed E-state index contributed by atoms with van der Waals surface area (Å²) in [7, 11) is 0. The van der Waals surface area contributed by atoms with Crippen LogP contribution in [0.4, 0.5) is 0 Å². The molecule has 0 bridgehead atoms. The highest BCUT2D eigenvalue weighted by Gasteiger charge is 2.26. The van der Waals surface area contributed by atoms with Crippen LogP contribution in [0.25, 0.3) is 0 Å². The minimum atomic E-state index is 0.718. The summed E-state index contributed by atoms with van der Waals surface area (Å²) >= 11 is 0. The van der Waals surface area contributed by atoms with Crippen molar-refractivity contribution in [3.05, 3.63) is 0 Å². The molecule has 3 heteroatoms. The monoisotopic (exact) mass is 141 g/mol. The zero-order chi connectivity index (χ0) is 6.81. The van der Waals surface area contributed by atoms with Gasteiger partial charge < -0.3 is 4.74 Å². The van der Waals surface area contributed by atoms with Gasteiger partial charge in [-0.25, -0.2) is 5.32 Å². The minimum Gasteiger partial charge on any atom is -0.378 e. The van der Waals surface area contributed by atoms with Crippen molar-refractivity contribution in [2.24, 2.45) is 0 Å². The molecule has 0 atom stereocenters. The summed E-state index contributed by atoms with van der Waals surface area (Å²) < 4.78 is 5.12. The second-order valence-corrected chi connectivity index (χ2v) is 2.90. The Bertz CT molecular complexity index is 108. The Balaban J connectivity index is 1.78. The number of rotatable bonds is 1. The molecular weight excluding hydrogens is 128 g/mol. The fraction of sp³-hybridized carbons (Fsp3) is 1.00. The fourth-order valence-corrected chi connectivity index (χ4v) is 1.42. The van der Waals surface area contributed by atoms with Crippen LogP contribution in [0.15, 0.2) is 0 Å². The van der Waals surface area contributed by atoms with Gasteiger partial charge in [-0.3, -0.25) is 4.90 Å². The van der Waals surface area contributed by atoms with Crippen molar-refractivity contribution in [1.29, 1.82) is 0 Å². The Kier molecular flexibility index (Phi) is 1.88. The molecule has 0 N–H and O–H groups in total. The summed E-state index contributed by atoms with van der Waals surface area (Å²) in [6, 6.07) is 0.718. The zero-order valence-electron chi connectivity index (χ0n) is 6.12. The van der Waals surface area contributed by atoms with E-state index in [0.29, 0.717) is 0 Å². The second kappa shape index (κ2) is 2.86. The molecule has 0 aliphatic carbocycles. The molecule has 0 saturated carbocycles. The van der Waals surface area contributed by atoms with Crippen molar-refractivity contribution in [1.82, 2.24) is 10.2 Å². The number of ether oxygens (including phenoxy) is 1. The minimum absolute atomic E-state index is 0.718. The van der Waals surface area contributed by atoms with Crippen molar-refractivity contribution < 1.29 is 4.74 Å². The first-order valence-electron chi connectivity index (χ1n) is 3.92. The predicted molar refractivity (Wildman–Crippen MR) is 38.0 cm³/mol. The molecule has 1 radical (unpaired) electrons. The SMILES string of the molecule is C1CN(C2COC2)CC[N]1. The molecule has 0 unspecified atom stereocenters. The van der Waals surface area contributed by atoms with Gasteiger partial charge in [0, 0.05) is 26.2 Å². The van der Waals surface area contributed by atoms with E-state index < -0.39 is 0 Å². The smallest absolute Gasteiger partial charge is 0.0645 e. The largest absolute Gasteiger partial charge is 0.378 e. The lowest BCUT2D eigenvalue weighted by molar-refractivity contribution is -0.0679. The summed E-state index contributed by atoms with van der Waals surface area (Å²) in [6.07, 6.45) is 0. The number of hydrogen-bond acceptors (Lipinski definition) is 2. The van der Waals surface area contributed by atoms with Crippen LogP contribution in [-0.4, -0.2) is 50.3 Å². The highest BCUT2D eigenvalue weighted by molar-refractivity contribution is 4.80. The van der Waals surface area contributed by atoms with Crippen molar-refractivity contribution >= 4 is 0 Å². The highest BCUT2D eigenvalue weighted by Crippen LogP contribution is 2.10. The van der Waals surface area contributed by atoms with E-state index in [-0.39, 0.29) is 0 Å². The Hall–Kier alpha value is -0.120. The van der Waals surface area contributed by atoms with Gasteiger partial charge in [0.15, 0.2) is 0 Å². The molecule has 2 saturated heterocycles. The average Bonchev–Trinajstić information content (AvgIpc) is 1.86. The average molecular weight is 141 g/mol. The zero-order valence-corrected chi connectivity index (χ0v) is 6.12. The van der Waals surface area contributed by atoms with E-state index in [1.54, 1.807) is 0 Å². The molecule has 2 heterocycles. The van der Waals surface area contributed by atoms with E-state index in [4.69, 9.17) is 4.74 Å². The van der Waals surface area contributed by atoms with Gasteiger partial charge in [0.25, 0.3) is 0 Å². The maximum atomic E-state index is 5.12. The van der Waals surface area contributed by atoms with E-state index in [0.717, 1.165) is 45.4 Å². The van der Waals surface area contributed by atoms with E-state index in [2.05, 4.69) is 10.2 Å². The van der Waals surface area contributed by atoms with Gasteiger partial charge in [-0.05, 0) is 0 Å². The summed E-state index contributed by atoms with van der Waals surface area (Å²) in [5.74, 6) is 0. The Morgan fingerprint density at radius 3 is 2.40 bits per heavy atom. The lowest BCUT2D eigenvalue weighted by Gasteiger charge is -2.39. The molecule has 0 aromatic carbocycles. The van der Waals surface area contributed by atoms with Crippen LogP contribution in [0, 0.1) is 0 Å². The topological polar surface area (TPSA) is 26.6 Å². The molecule has 2 fully saturated rings. The maximum absolute atomic E-state index is 5.12. The van der Waals surface area contributed by atoms with Crippen LogP contribution >= 0.6 is 0 Å². The quantitative estimate of drug-likeness (QED) is 0.483. The molecular formula is C7H13N2O. The van der Waals surface area contributed by atoms with E-state index in [1.165, 1.54) is 0 Å². The number of nitrogens with zero attached hydrogens (tertiary/aromatic N) is 2. The summed E-state index contributed by atoms with van der Waals surface area (Å²) in [5, 5.41) is 4.29. The maximum Gasteiger partial charge on any atom is 0.0645 e. The standard InChI is InChI=1S/C7H13N2O/c1-3-9(4-2-8-1)7-5-10-6-7/h7H,1-6H2. The Morgan fingerprint density at radius 2 is 1.90 bits per heavy atom. The molecule has 57 valence electrons. The van der Waals surface area contributed by atoms with Crippen LogP contribution in [0.5, 0.6) is 0 Å². The molecule has 0 aromatic rings. The molecule has 3 nitrogen and oxygen atoms in total. The van der Waals surface area contributed by atoms with Crippen LogP contribution in [-0.2, 0) is 4.74 Å². The van der Waals surface area contributed by atoms with E-state index in [1.807, 2.05) is 0 Å². The first-order valence-corrected chi connectivity index (χ1v) is 3.92. The third-order valence-corrected chi connectivity index (χ3v) is 2.23. The van der Waals surface area contributed by atoms with Crippen LogP contribution in [0.1, 0.15) is 0 Å².